The molecule has 0 saturated carbocycles. The second kappa shape index (κ2) is 4.28. The SMILES string of the molecule is C=C1C(=O)OC2C1C(O)C=C(C)C1(OO)CC=C(C)C21. The number of aliphatic hydroxyl groups is 1. The highest BCUT2D eigenvalue weighted by Crippen LogP contribution is 2.52. The van der Waals surface area contributed by atoms with Gasteiger partial charge in [-0.2, -0.15) is 0 Å². The molecule has 1 fully saturated rings. The molecular weight excluding hydrogens is 260 g/mol. The number of hydrogen-bond donors (Lipinski definition) is 2. The molecule has 0 amide bonds. The van der Waals surface area contributed by atoms with Crippen LogP contribution >= 0.6 is 0 Å². The first-order chi connectivity index (χ1) is 9.42. The number of fused-ring (bicyclic) bond motifs is 3. The zero-order valence-electron chi connectivity index (χ0n) is 11.5. The lowest BCUT2D eigenvalue weighted by Gasteiger charge is -2.36. The van der Waals surface area contributed by atoms with E-state index in [1.165, 1.54) is 0 Å². The molecule has 2 N–H and O–H groups in total. The number of ether oxygens (including phenoxy) is 1. The summed E-state index contributed by atoms with van der Waals surface area (Å²) >= 11 is 0. The molecule has 108 valence electrons. The molecular formula is C15H18O5. The topological polar surface area (TPSA) is 76.0 Å². The molecule has 1 aliphatic heterocycles. The van der Waals surface area contributed by atoms with Gasteiger partial charge in [0.05, 0.1) is 17.9 Å². The molecule has 3 rings (SSSR count). The number of hydrogen-bond acceptors (Lipinski definition) is 5. The summed E-state index contributed by atoms with van der Waals surface area (Å²) in [5.74, 6) is -1.30. The summed E-state index contributed by atoms with van der Waals surface area (Å²) in [6.07, 6.45) is 2.66. The number of rotatable bonds is 1. The van der Waals surface area contributed by atoms with Crippen LogP contribution in [0.2, 0.25) is 0 Å². The first-order valence-electron chi connectivity index (χ1n) is 6.68. The Bertz CT molecular complexity index is 546. The average Bonchev–Trinajstić information content (AvgIpc) is 2.85. The van der Waals surface area contributed by atoms with Crippen LogP contribution in [0.4, 0.5) is 0 Å². The fourth-order valence-electron chi connectivity index (χ4n) is 3.81. The van der Waals surface area contributed by atoms with Crippen LogP contribution in [0, 0.1) is 11.8 Å². The van der Waals surface area contributed by atoms with Crippen LogP contribution in [-0.4, -0.2) is 34.1 Å². The fraction of sp³-hybridized carbons (Fsp3) is 0.533. The van der Waals surface area contributed by atoms with Gasteiger partial charge >= 0.3 is 5.97 Å². The predicted molar refractivity (Wildman–Crippen MR) is 70.6 cm³/mol. The first-order valence-corrected chi connectivity index (χ1v) is 6.68. The van der Waals surface area contributed by atoms with Gasteiger partial charge in [0.25, 0.3) is 0 Å². The van der Waals surface area contributed by atoms with E-state index in [0.717, 1.165) is 11.1 Å². The molecule has 5 nitrogen and oxygen atoms in total. The van der Waals surface area contributed by atoms with Gasteiger partial charge in [0, 0.05) is 12.0 Å². The Morgan fingerprint density at radius 2 is 2.20 bits per heavy atom. The number of carbonyl (C=O) groups is 1. The van der Waals surface area contributed by atoms with Gasteiger partial charge in [-0.3, -0.25) is 5.26 Å². The van der Waals surface area contributed by atoms with Gasteiger partial charge in [0.2, 0.25) is 0 Å². The third kappa shape index (κ3) is 1.51. The van der Waals surface area contributed by atoms with Crippen molar-refractivity contribution in [2.24, 2.45) is 11.8 Å². The molecule has 1 heterocycles. The lowest BCUT2D eigenvalue weighted by Crippen LogP contribution is -2.45. The molecule has 20 heavy (non-hydrogen) atoms. The molecule has 5 atom stereocenters. The average molecular weight is 278 g/mol. The van der Waals surface area contributed by atoms with Crippen molar-refractivity contribution >= 4 is 5.97 Å². The molecule has 0 aromatic carbocycles. The normalized spacial score (nSPS) is 43.4. The Kier molecular flexibility index (Phi) is 2.90. The van der Waals surface area contributed by atoms with Gasteiger partial charge in [0.1, 0.15) is 11.7 Å². The van der Waals surface area contributed by atoms with Crippen LogP contribution in [0.5, 0.6) is 0 Å². The Hall–Kier alpha value is -1.43. The van der Waals surface area contributed by atoms with Gasteiger partial charge in [-0.25, -0.2) is 9.68 Å². The van der Waals surface area contributed by atoms with Crippen LogP contribution < -0.4 is 0 Å². The van der Waals surface area contributed by atoms with Crippen molar-refractivity contribution < 1.29 is 24.8 Å². The molecule has 0 radical (unpaired) electrons. The van der Waals surface area contributed by atoms with E-state index in [9.17, 15) is 15.2 Å². The van der Waals surface area contributed by atoms with Crippen LogP contribution in [0.25, 0.3) is 0 Å². The van der Waals surface area contributed by atoms with Gasteiger partial charge in [0.15, 0.2) is 0 Å². The monoisotopic (exact) mass is 278 g/mol. The highest BCUT2D eigenvalue weighted by Gasteiger charge is 2.59. The van der Waals surface area contributed by atoms with E-state index >= 15 is 0 Å². The van der Waals surface area contributed by atoms with Crippen molar-refractivity contribution in [2.75, 3.05) is 0 Å². The fourth-order valence-corrected chi connectivity index (χ4v) is 3.81. The Morgan fingerprint density at radius 3 is 2.85 bits per heavy atom. The van der Waals surface area contributed by atoms with E-state index in [1.807, 2.05) is 19.9 Å². The van der Waals surface area contributed by atoms with E-state index in [4.69, 9.17) is 9.62 Å². The number of carbonyl (C=O) groups excluding carboxylic acids is 1. The second-order valence-electron chi connectivity index (χ2n) is 5.87. The number of esters is 1. The lowest BCUT2D eigenvalue weighted by atomic mass is 9.76. The van der Waals surface area contributed by atoms with Gasteiger partial charge < -0.3 is 9.84 Å². The molecule has 1 saturated heterocycles. The van der Waals surface area contributed by atoms with E-state index in [2.05, 4.69) is 6.58 Å². The van der Waals surface area contributed by atoms with Crippen LogP contribution in [0.15, 0.2) is 35.5 Å². The summed E-state index contributed by atoms with van der Waals surface area (Å²) in [5.41, 5.74) is 1.04. The van der Waals surface area contributed by atoms with Crippen molar-refractivity contribution in [3.8, 4) is 0 Å². The van der Waals surface area contributed by atoms with Crippen LogP contribution in [0.3, 0.4) is 0 Å². The molecule has 0 aromatic heterocycles. The summed E-state index contributed by atoms with van der Waals surface area (Å²) in [6.45, 7) is 7.47. The maximum Gasteiger partial charge on any atom is 0.334 e. The summed E-state index contributed by atoms with van der Waals surface area (Å²) < 4.78 is 5.42. The summed E-state index contributed by atoms with van der Waals surface area (Å²) in [6, 6.07) is 0. The van der Waals surface area contributed by atoms with E-state index < -0.39 is 29.7 Å². The molecule has 5 unspecified atom stereocenters. The molecule has 0 bridgehead atoms. The van der Waals surface area contributed by atoms with Crippen molar-refractivity contribution in [3.63, 3.8) is 0 Å². The molecule has 0 spiro atoms. The van der Waals surface area contributed by atoms with E-state index in [-0.39, 0.29) is 11.5 Å². The van der Waals surface area contributed by atoms with E-state index in [1.54, 1.807) is 6.08 Å². The van der Waals surface area contributed by atoms with Gasteiger partial charge in [-0.05, 0) is 19.4 Å². The maximum atomic E-state index is 11.8. The summed E-state index contributed by atoms with van der Waals surface area (Å²) in [5, 5.41) is 19.8. The van der Waals surface area contributed by atoms with Crippen molar-refractivity contribution in [3.05, 3.63) is 35.5 Å². The van der Waals surface area contributed by atoms with Crippen molar-refractivity contribution in [2.45, 2.75) is 38.1 Å². The first kappa shape index (κ1) is 13.5. The van der Waals surface area contributed by atoms with Crippen LogP contribution in [-0.2, 0) is 14.4 Å². The van der Waals surface area contributed by atoms with Gasteiger partial charge in [-0.15, -0.1) is 0 Å². The standard InChI is InChI=1S/C15H18O5/c1-7-4-5-15(20-18)8(2)6-10(16)11-9(3)14(17)19-13(11)12(7)15/h4,6,10-13,16,18H,3,5H2,1-2H3. The van der Waals surface area contributed by atoms with Crippen molar-refractivity contribution in [1.82, 2.24) is 0 Å². The maximum absolute atomic E-state index is 11.8. The largest absolute Gasteiger partial charge is 0.457 e. The van der Waals surface area contributed by atoms with Crippen molar-refractivity contribution in [1.29, 1.82) is 0 Å². The van der Waals surface area contributed by atoms with Gasteiger partial charge in [-0.1, -0.05) is 24.3 Å². The molecule has 0 aromatic rings. The Labute approximate surface area is 117 Å². The molecule has 5 heteroatoms. The second-order valence-corrected chi connectivity index (χ2v) is 5.87. The predicted octanol–water partition coefficient (Wildman–Crippen LogP) is 1.60. The Balaban J connectivity index is 2.16. The molecule has 2 aliphatic carbocycles. The highest BCUT2D eigenvalue weighted by molar-refractivity contribution is 5.91. The lowest BCUT2D eigenvalue weighted by molar-refractivity contribution is -0.323. The number of aliphatic hydroxyl groups excluding tert-OH is 1. The smallest absolute Gasteiger partial charge is 0.334 e. The summed E-state index contributed by atoms with van der Waals surface area (Å²) in [4.78, 5) is 16.6. The Morgan fingerprint density at radius 1 is 1.50 bits per heavy atom. The highest BCUT2D eigenvalue weighted by atomic mass is 17.1. The zero-order chi connectivity index (χ0) is 14.7. The zero-order valence-corrected chi connectivity index (χ0v) is 11.5. The summed E-state index contributed by atoms with van der Waals surface area (Å²) in [7, 11) is 0. The minimum Gasteiger partial charge on any atom is -0.457 e. The minimum absolute atomic E-state index is 0.278. The van der Waals surface area contributed by atoms with Crippen LogP contribution in [0.1, 0.15) is 20.3 Å². The quantitative estimate of drug-likeness (QED) is 0.250. The third-order valence-electron chi connectivity index (χ3n) is 4.93. The minimum atomic E-state index is -0.963. The third-order valence-corrected chi connectivity index (χ3v) is 4.93. The molecule has 3 aliphatic rings. The van der Waals surface area contributed by atoms with E-state index in [0.29, 0.717) is 6.42 Å².